The van der Waals surface area contributed by atoms with Gasteiger partial charge < -0.3 is 9.88 Å². The highest BCUT2D eigenvalue weighted by molar-refractivity contribution is 7.15. The zero-order valence-electron chi connectivity index (χ0n) is 13.8. The monoisotopic (exact) mass is 338 g/mol. The van der Waals surface area contributed by atoms with Crippen molar-refractivity contribution < 1.29 is 9.59 Å². The molecule has 0 bridgehead atoms. The zero-order chi connectivity index (χ0) is 17.3. The van der Waals surface area contributed by atoms with E-state index in [2.05, 4.69) is 5.32 Å². The first kappa shape index (κ1) is 16.2. The van der Waals surface area contributed by atoms with E-state index in [-0.39, 0.29) is 11.7 Å². The van der Waals surface area contributed by atoms with Crippen LogP contribution < -0.4 is 5.32 Å². The Hall–Kier alpha value is -2.66. The number of rotatable bonds is 4. The van der Waals surface area contributed by atoms with Gasteiger partial charge in [-0.15, -0.1) is 11.3 Å². The van der Waals surface area contributed by atoms with E-state index in [4.69, 9.17) is 0 Å². The summed E-state index contributed by atoms with van der Waals surface area (Å²) in [4.78, 5) is 25.5. The third kappa shape index (κ3) is 3.03. The highest BCUT2D eigenvalue weighted by Gasteiger charge is 2.20. The van der Waals surface area contributed by atoms with Gasteiger partial charge in [-0.25, -0.2) is 0 Å². The van der Waals surface area contributed by atoms with Gasteiger partial charge >= 0.3 is 0 Å². The minimum atomic E-state index is -0.166. The number of carbonyl (C=O) groups is 2. The number of aromatic nitrogens is 1. The van der Waals surface area contributed by atoms with Gasteiger partial charge in [-0.1, -0.05) is 12.1 Å². The zero-order valence-corrected chi connectivity index (χ0v) is 14.6. The van der Waals surface area contributed by atoms with Crippen molar-refractivity contribution in [1.29, 1.82) is 0 Å². The number of nitrogens with one attached hydrogen (secondary N) is 1. The van der Waals surface area contributed by atoms with Crippen molar-refractivity contribution >= 4 is 28.7 Å². The smallest absolute Gasteiger partial charge is 0.258 e. The molecule has 0 aliphatic heterocycles. The van der Waals surface area contributed by atoms with Gasteiger partial charge in [0.15, 0.2) is 5.78 Å². The summed E-state index contributed by atoms with van der Waals surface area (Å²) in [6.07, 6.45) is 3.86. The SMILES string of the molecule is CC(=O)c1cccc(NC(=O)c2c(-n3cccc3)sc(C)c2C)c1. The summed E-state index contributed by atoms with van der Waals surface area (Å²) in [5.74, 6) is -0.192. The highest BCUT2D eigenvalue weighted by Crippen LogP contribution is 2.31. The van der Waals surface area contributed by atoms with Gasteiger partial charge in [0.1, 0.15) is 5.00 Å². The summed E-state index contributed by atoms with van der Waals surface area (Å²) in [6.45, 7) is 5.48. The Morgan fingerprint density at radius 2 is 1.79 bits per heavy atom. The van der Waals surface area contributed by atoms with E-state index in [9.17, 15) is 9.59 Å². The third-order valence-corrected chi connectivity index (χ3v) is 5.18. The molecule has 3 rings (SSSR count). The van der Waals surface area contributed by atoms with Crippen molar-refractivity contribution in [2.45, 2.75) is 20.8 Å². The van der Waals surface area contributed by atoms with Crippen LogP contribution in [-0.4, -0.2) is 16.3 Å². The minimum Gasteiger partial charge on any atom is -0.322 e. The Morgan fingerprint density at radius 1 is 1.08 bits per heavy atom. The number of thiophene rings is 1. The molecule has 2 heterocycles. The van der Waals surface area contributed by atoms with Crippen LogP contribution in [-0.2, 0) is 0 Å². The third-order valence-electron chi connectivity index (χ3n) is 3.96. The number of Topliss-reactive ketones (excluding diaryl/α,β-unsaturated/α-hetero) is 1. The van der Waals surface area contributed by atoms with Crippen LogP contribution >= 0.6 is 11.3 Å². The summed E-state index contributed by atoms with van der Waals surface area (Å²) in [5, 5.41) is 3.81. The van der Waals surface area contributed by atoms with Gasteiger partial charge in [0.25, 0.3) is 5.91 Å². The molecule has 0 fully saturated rings. The van der Waals surface area contributed by atoms with Crippen LogP contribution in [0.3, 0.4) is 0 Å². The number of nitrogens with zero attached hydrogens (tertiary/aromatic N) is 1. The molecular formula is C19H18N2O2S. The molecule has 0 aliphatic carbocycles. The van der Waals surface area contributed by atoms with Gasteiger partial charge in [-0.05, 0) is 50.6 Å². The molecule has 0 saturated carbocycles. The van der Waals surface area contributed by atoms with Crippen LogP contribution in [0.1, 0.15) is 38.1 Å². The van der Waals surface area contributed by atoms with Crippen molar-refractivity contribution in [1.82, 2.24) is 4.57 Å². The van der Waals surface area contributed by atoms with Crippen molar-refractivity contribution in [2.24, 2.45) is 0 Å². The normalized spacial score (nSPS) is 10.6. The fourth-order valence-corrected chi connectivity index (χ4v) is 3.66. The molecule has 24 heavy (non-hydrogen) atoms. The maximum atomic E-state index is 12.8. The molecule has 1 N–H and O–H groups in total. The van der Waals surface area contributed by atoms with Crippen LogP contribution in [0.25, 0.3) is 5.00 Å². The molecule has 122 valence electrons. The molecule has 1 aromatic carbocycles. The fourth-order valence-electron chi connectivity index (χ4n) is 2.54. The lowest BCUT2D eigenvalue weighted by molar-refractivity contribution is 0.101. The molecule has 3 aromatic rings. The molecule has 0 radical (unpaired) electrons. The number of benzene rings is 1. The number of amides is 1. The van der Waals surface area contributed by atoms with Gasteiger partial charge in [-0.3, -0.25) is 9.59 Å². The second-order valence-corrected chi connectivity index (χ2v) is 6.85. The second kappa shape index (κ2) is 6.45. The van der Waals surface area contributed by atoms with Gasteiger partial charge in [-0.2, -0.15) is 0 Å². The van der Waals surface area contributed by atoms with E-state index in [1.807, 2.05) is 42.9 Å². The summed E-state index contributed by atoms with van der Waals surface area (Å²) in [5.41, 5.74) is 2.84. The Bertz CT molecular complexity index is 908. The molecule has 0 unspecified atom stereocenters. The molecule has 5 heteroatoms. The molecule has 0 spiro atoms. The molecule has 4 nitrogen and oxygen atoms in total. The lowest BCUT2D eigenvalue weighted by atomic mass is 10.1. The van der Waals surface area contributed by atoms with Crippen LogP contribution in [0.4, 0.5) is 5.69 Å². The quantitative estimate of drug-likeness (QED) is 0.706. The number of carbonyl (C=O) groups excluding carboxylic acids is 2. The predicted octanol–water partition coefficient (Wildman–Crippen LogP) is 4.61. The minimum absolute atomic E-state index is 0.0262. The van der Waals surface area contributed by atoms with E-state index in [1.165, 1.54) is 6.92 Å². The topological polar surface area (TPSA) is 51.1 Å². The first-order valence-corrected chi connectivity index (χ1v) is 8.44. The second-order valence-electron chi connectivity index (χ2n) is 5.64. The highest BCUT2D eigenvalue weighted by atomic mass is 32.1. The average molecular weight is 338 g/mol. The van der Waals surface area contributed by atoms with E-state index < -0.39 is 0 Å². The molecule has 0 saturated heterocycles. The Kier molecular flexibility index (Phi) is 4.36. The molecule has 0 aliphatic rings. The van der Waals surface area contributed by atoms with E-state index in [0.717, 1.165) is 15.4 Å². The van der Waals surface area contributed by atoms with Gasteiger partial charge in [0.2, 0.25) is 0 Å². The fraction of sp³-hybridized carbons (Fsp3) is 0.158. The lowest BCUT2D eigenvalue weighted by Gasteiger charge is -2.09. The van der Waals surface area contributed by atoms with Crippen LogP contribution in [0.15, 0.2) is 48.8 Å². The molecular weight excluding hydrogens is 320 g/mol. The van der Waals surface area contributed by atoms with Crippen molar-refractivity contribution in [3.8, 4) is 5.00 Å². The first-order chi connectivity index (χ1) is 11.5. The summed E-state index contributed by atoms with van der Waals surface area (Å²) in [7, 11) is 0. The number of ketones is 1. The summed E-state index contributed by atoms with van der Waals surface area (Å²) >= 11 is 1.59. The maximum Gasteiger partial charge on any atom is 0.258 e. The molecule has 1 amide bonds. The first-order valence-electron chi connectivity index (χ1n) is 7.63. The van der Waals surface area contributed by atoms with Crippen molar-refractivity contribution in [3.63, 3.8) is 0 Å². The number of anilines is 1. The van der Waals surface area contributed by atoms with Crippen molar-refractivity contribution in [3.05, 3.63) is 70.4 Å². The largest absolute Gasteiger partial charge is 0.322 e. The van der Waals surface area contributed by atoms with E-state index in [0.29, 0.717) is 16.8 Å². The van der Waals surface area contributed by atoms with Gasteiger partial charge in [0, 0.05) is 28.5 Å². The van der Waals surface area contributed by atoms with Crippen LogP contribution in [0.2, 0.25) is 0 Å². The van der Waals surface area contributed by atoms with Crippen LogP contribution in [0.5, 0.6) is 0 Å². The Labute approximate surface area is 144 Å². The van der Waals surface area contributed by atoms with Crippen molar-refractivity contribution in [2.75, 3.05) is 5.32 Å². The van der Waals surface area contributed by atoms with Gasteiger partial charge in [0.05, 0.1) is 5.56 Å². The molecule has 0 atom stereocenters. The Morgan fingerprint density at radius 3 is 2.46 bits per heavy atom. The number of aryl methyl sites for hydroxylation is 1. The average Bonchev–Trinajstić information content (AvgIpc) is 3.16. The molecule has 2 aromatic heterocycles. The van der Waals surface area contributed by atoms with Crippen LogP contribution in [0, 0.1) is 13.8 Å². The summed E-state index contributed by atoms with van der Waals surface area (Å²) in [6, 6.07) is 10.9. The number of hydrogen-bond acceptors (Lipinski definition) is 3. The number of hydrogen-bond donors (Lipinski definition) is 1. The van der Waals surface area contributed by atoms with E-state index in [1.54, 1.807) is 35.6 Å². The lowest BCUT2D eigenvalue weighted by Crippen LogP contribution is -2.15. The predicted molar refractivity (Wildman–Crippen MR) is 97.5 cm³/mol. The van der Waals surface area contributed by atoms with E-state index >= 15 is 0 Å². The summed E-state index contributed by atoms with van der Waals surface area (Å²) < 4.78 is 1.95. The standard InChI is InChI=1S/C19H18N2O2S/c1-12-14(3)24-19(21-9-4-5-10-21)17(12)18(23)20-16-8-6-7-15(11-16)13(2)22/h4-11H,1-3H3,(H,20,23). The Balaban J connectivity index is 1.96. The maximum absolute atomic E-state index is 12.8.